The van der Waals surface area contributed by atoms with E-state index in [2.05, 4.69) is 5.32 Å². The Morgan fingerprint density at radius 3 is 2.42 bits per heavy atom. The van der Waals surface area contributed by atoms with Gasteiger partial charge in [0.1, 0.15) is 11.7 Å². The van der Waals surface area contributed by atoms with E-state index in [0.29, 0.717) is 22.4 Å². The van der Waals surface area contributed by atoms with E-state index in [1.54, 1.807) is 19.1 Å². The number of aromatic nitrogens is 1. The number of hydrogen-bond acceptors (Lipinski definition) is 4. The highest BCUT2D eigenvalue weighted by atomic mass is 35.5. The summed E-state index contributed by atoms with van der Waals surface area (Å²) < 4.78 is 47.3. The monoisotopic (exact) mass is 546 g/mol. The summed E-state index contributed by atoms with van der Waals surface area (Å²) in [5.74, 6) is -2.54. The topological polar surface area (TPSA) is 82.3 Å². The maximum Gasteiger partial charge on any atom is 0.338 e. The van der Waals surface area contributed by atoms with E-state index in [0.717, 1.165) is 37.6 Å². The van der Waals surface area contributed by atoms with Crippen molar-refractivity contribution in [3.8, 4) is 11.1 Å². The van der Waals surface area contributed by atoms with Gasteiger partial charge in [-0.1, -0.05) is 36.9 Å². The van der Waals surface area contributed by atoms with Crippen molar-refractivity contribution in [2.45, 2.75) is 45.0 Å². The van der Waals surface area contributed by atoms with Crippen molar-refractivity contribution < 1.29 is 32.2 Å². The van der Waals surface area contributed by atoms with Gasteiger partial charge in [0.2, 0.25) is 11.6 Å². The van der Waals surface area contributed by atoms with Crippen LogP contribution in [0.5, 0.6) is 0 Å². The molecule has 1 heterocycles. The first-order valence-corrected chi connectivity index (χ1v) is 12.6. The Morgan fingerprint density at radius 1 is 1.13 bits per heavy atom. The Balaban J connectivity index is 1.63. The third-order valence-corrected chi connectivity index (χ3v) is 7.02. The number of alkyl halides is 2. The van der Waals surface area contributed by atoms with Crippen molar-refractivity contribution in [3.05, 3.63) is 87.6 Å². The quantitative estimate of drug-likeness (QED) is 0.182. The van der Waals surface area contributed by atoms with Crippen molar-refractivity contribution in [1.82, 2.24) is 0 Å². The lowest BCUT2D eigenvalue weighted by Gasteiger charge is -2.28. The number of esters is 1. The summed E-state index contributed by atoms with van der Waals surface area (Å²) in [6.45, 7) is 1.94. The van der Waals surface area contributed by atoms with Crippen molar-refractivity contribution in [1.29, 1.82) is 0 Å². The van der Waals surface area contributed by atoms with Crippen LogP contribution in [-0.2, 0) is 9.53 Å². The molecule has 0 aliphatic heterocycles. The average Bonchev–Trinajstić information content (AvgIpc) is 2.86. The Morgan fingerprint density at radius 2 is 1.84 bits per heavy atom. The molecule has 0 radical (unpaired) electrons. The molecule has 6 nitrogen and oxygen atoms in total. The minimum absolute atomic E-state index is 0.0728. The lowest BCUT2D eigenvalue weighted by atomic mass is 9.77. The van der Waals surface area contributed by atoms with Gasteiger partial charge in [0, 0.05) is 22.9 Å². The number of hydrogen-bond donors (Lipinski definition) is 1. The summed E-state index contributed by atoms with van der Waals surface area (Å²) in [4.78, 5) is 25.2. The van der Waals surface area contributed by atoms with Crippen LogP contribution in [0.2, 0.25) is 5.02 Å². The van der Waals surface area contributed by atoms with Gasteiger partial charge in [-0.3, -0.25) is 4.79 Å². The van der Waals surface area contributed by atoms with Crippen LogP contribution in [0.1, 0.15) is 66.6 Å². The van der Waals surface area contributed by atoms with Gasteiger partial charge >= 0.3 is 5.97 Å². The predicted molar refractivity (Wildman–Crippen MR) is 136 cm³/mol. The molecule has 1 unspecified atom stereocenters. The zero-order chi connectivity index (χ0) is 27.4. The molecule has 3 aromatic rings. The second-order valence-corrected chi connectivity index (χ2v) is 9.57. The number of nitrogens with one attached hydrogen (secondary N) is 1. The fourth-order valence-electron chi connectivity index (χ4n) is 4.51. The highest BCUT2D eigenvalue weighted by Gasteiger charge is 2.33. The van der Waals surface area contributed by atoms with E-state index in [1.807, 2.05) is 0 Å². The largest absolute Gasteiger partial charge is 0.618 e. The van der Waals surface area contributed by atoms with Gasteiger partial charge in [-0.15, -0.1) is 0 Å². The first kappa shape index (κ1) is 27.4. The van der Waals surface area contributed by atoms with Crippen molar-refractivity contribution in [3.63, 3.8) is 0 Å². The van der Waals surface area contributed by atoms with E-state index in [9.17, 15) is 28.0 Å². The van der Waals surface area contributed by atoms with E-state index in [4.69, 9.17) is 16.3 Å². The molecule has 1 aliphatic carbocycles. The number of carbonyl (C=O) groups is 2. The molecule has 0 saturated heterocycles. The van der Waals surface area contributed by atoms with Gasteiger partial charge in [-0.25, -0.2) is 18.0 Å². The van der Waals surface area contributed by atoms with Crippen molar-refractivity contribution in [2.24, 2.45) is 5.92 Å². The van der Waals surface area contributed by atoms with Crippen LogP contribution in [0.4, 0.5) is 18.9 Å². The smallest absolute Gasteiger partial charge is 0.338 e. The molecule has 1 N–H and O–H groups in total. The number of anilines is 1. The minimum atomic E-state index is -2.98. The van der Waals surface area contributed by atoms with Crippen LogP contribution < -0.4 is 10.0 Å². The maximum atomic E-state index is 14.7. The molecule has 1 saturated carbocycles. The second-order valence-electron chi connectivity index (χ2n) is 9.17. The van der Waals surface area contributed by atoms with Gasteiger partial charge in [-0.2, -0.15) is 4.73 Å². The molecular weight excluding hydrogens is 521 g/mol. The second kappa shape index (κ2) is 11.9. The molecule has 1 amide bonds. The molecule has 1 atom stereocenters. The molecule has 10 heteroatoms. The summed E-state index contributed by atoms with van der Waals surface area (Å²) in [5.41, 5.74) is -0.239. The van der Waals surface area contributed by atoms with Crippen LogP contribution in [0, 0.1) is 16.9 Å². The maximum absolute atomic E-state index is 14.7. The van der Waals surface area contributed by atoms with Crippen LogP contribution in [-0.4, -0.2) is 18.5 Å². The molecule has 4 rings (SSSR count). The summed E-state index contributed by atoms with van der Waals surface area (Å²) in [6, 6.07) is 11.0. The van der Waals surface area contributed by atoms with Gasteiger partial charge in [0.05, 0.1) is 22.8 Å². The number of benzene rings is 2. The number of amides is 1. The molecule has 1 aromatic heterocycles. The van der Waals surface area contributed by atoms with Gasteiger partial charge in [0.15, 0.2) is 6.20 Å². The molecule has 0 spiro atoms. The normalized spacial score (nSPS) is 14.2. The lowest BCUT2D eigenvalue weighted by Crippen LogP contribution is -2.38. The Labute approximate surface area is 223 Å². The molecule has 1 fully saturated rings. The zero-order valence-corrected chi connectivity index (χ0v) is 21.3. The summed E-state index contributed by atoms with van der Waals surface area (Å²) in [6.07, 6.45) is 1.33. The standard InChI is InChI=1S/C28H26ClF3N2O4/c1-2-38-28(36)17-6-9-19(10-7-17)33-27(35)21(14-16-4-3-5-16)23-13-8-18(15-34(23)37)24-20(26(31)32)11-12-22(29)25(24)30/h6-13,15-16,21,26H,2-5,14H2,1H3,(H,33,35). The fraction of sp³-hybridized carbons (Fsp3) is 0.321. The Bertz CT molecular complexity index is 1330. The van der Waals surface area contributed by atoms with Crippen molar-refractivity contribution in [2.75, 3.05) is 11.9 Å². The Hall–Kier alpha value is -3.59. The summed E-state index contributed by atoms with van der Waals surface area (Å²) in [5, 5.41) is 15.5. The third-order valence-electron chi connectivity index (χ3n) is 6.73. The minimum Gasteiger partial charge on any atom is -0.618 e. The number of halogens is 4. The number of pyridine rings is 1. The van der Waals surface area contributed by atoms with Gasteiger partial charge < -0.3 is 15.3 Å². The Kier molecular flexibility index (Phi) is 8.56. The van der Waals surface area contributed by atoms with Gasteiger partial charge in [0.25, 0.3) is 6.43 Å². The van der Waals surface area contributed by atoms with Crippen molar-refractivity contribution >= 4 is 29.2 Å². The average molecular weight is 547 g/mol. The number of nitrogens with zero attached hydrogens (tertiary/aromatic N) is 1. The first-order valence-electron chi connectivity index (χ1n) is 12.3. The molecule has 1 aliphatic rings. The van der Waals surface area contributed by atoms with E-state index in [-0.39, 0.29) is 28.8 Å². The number of ether oxygens (including phenoxy) is 1. The molecule has 200 valence electrons. The molecule has 2 aromatic carbocycles. The summed E-state index contributed by atoms with van der Waals surface area (Å²) >= 11 is 5.82. The molecular formula is C28H26ClF3N2O4. The number of carbonyl (C=O) groups excluding carboxylic acids is 2. The van der Waals surface area contributed by atoms with Crippen LogP contribution in [0.25, 0.3) is 11.1 Å². The van der Waals surface area contributed by atoms with E-state index < -0.39 is 41.2 Å². The third kappa shape index (κ3) is 5.93. The van der Waals surface area contributed by atoms with Gasteiger partial charge in [-0.05, 0) is 55.7 Å². The molecule has 0 bridgehead atoms. The van der Waals surface area contributed by atoms with Crippen LogP contribution in [0.15, 0.2) is 54.7 Å². The first-order chi connectivity index (χ1) is 18.2. The van der Waals surface area contributed by atoms with E-state index in [1.165, 1.54) is 24.3 Å². The lowest BCUT2D eigenvalue weighted by molar-refractivity contribution is -0.614. The summed E-state index contributed by atoms with van der Waals surface area (Å²) in [7, 11) is 0. The molecule has 38 heavy (non-hydrogen) atoms. The van der Waals surface area contributed by atoms with E-state index >= 15 is 0 Å². The SMILES string of the molecule is CCOC(=O)c1ccc(NC(=O)C(CC2CCC2)c2ccc(-c3c(C(F)F)ccc(Cl)c3F)c[n+]2[O-])cc1. The number of rotatable bonds is 9. The highest BCUT2D eigenvalue weighted by molar-refractivity contribution is 6.31. The highest BCUT2D eigenvalue weighted by Crippen LogP contribution is 2.38. The predicted octanol–water partition coefficient (Wildman–Crippen LogP) is 6.81. The zero-order valence-electron chi connectivity index (χ0n) is 20.6. The fourth-order valence-corrected chi connectivity index (χ4v) is 4.67. The van der Waals surface area contributed by atoms with Crippen LogP contribution in [0.3, 0.4) is 0 Å². The van der Waals surface area contributed by atoms with Crippen LogP contribution >= 0.6 is 11.6 Å².